The molecule has 6 nitrogen and oxygen atoms in total. The number of sulfonamides is 1. The number of nitrogens with one attached hydrogen (secondary N) is 2. The quantitative estimate of drug-likeness (QED) is 0.824. The molecular weight excluding hydrogens is 310 g/mol. The maximum absolute atomic E-state index is 12.4. The number of aromatic amines is 1. The van der Waals surface area contributed by atoms with Crippen molar-refractivity contribution >= 4 is 22.2 Å². The summed E-state index contributed by atoms with van der Waals surface area (Å²) in [4.78, 5) is 0.318. The minimum absolute atomic E-state index is 0.0494. The van der Waals surface area contributed by atoms with Crippen molar-refractivity contribution in [3.63, 3.8) is 0 Å². The molecule has 0 radical (unpaired) electrons. The summed E-state index contributed by atoms with van der Waals surface area (Å²) in [5, 5.41) is 6.41. The van der Waals surface area contributed by atoms with Gasteiger partial charge in [0.1, 0.15) is 6.04 Å². The van der Waals surface area contributed by atoms with Crippen LogP contribution in [0.2, 0.25) is 0 Å². The van der Waals surface area contributed by atoms with Crippen LogP contribution in [0, 0.1) is 17.7 Å². The molecule has 0 aliphatic rings. The zero-order chi connectivity index (χ0) is 15.6. The number of aryl methyl sites for hydroxylation is 1. The van der Waals surface area contributed by atoms with Gasteiger partial charge in [-0.25, -0.2) is 13.5 Å². The van der Waals surface area contributed by atoms with Crippen LogP contribution in [0.1, 0.15) is 31.3 Å². The van der Waals surface area contributed by atoms with E-state index in [-0.39, 0.29) is 21.5 Å². The molecule has 1 heterocycles. The van der Waals surface area contributed by atoms with Crippen molar-refractivity contribution in [1.29, 1.82) is 0 Å². The van der Waals surface area contributed by atoms with Crippen LogP contribution in [-0.2, 0) is 10.0 Å². The topological polar surface area (TPSA) is 88.0 Å². The number of rotatable bonds is 5. The van der Waals surface area contributed by atoms with Gasteiger partial charge in [0.05, 0.1) is 4.90 Å². The molecule has 1 aromatic heterocycles. The summed E-state index contributed by atoms with van der Waals surface area (Å²) in [5.74, 6) is 0.178. The van der Waals surface area contributed by atoms with Crippen LogP contribution in [0.15, 0.2) is 33.6 Å². The van der Waals surface area contributed by atoms with Gasteiger partial charge < -0.3 is 4.42 Å². The van der Waals surface area contributed by atoms with Gasteiger partial charge in [-0.3, -0.25) is 0 Å². The molecule has 0 bridgehead atoms. The van der Waals surface area contributed by atoms with Gasteiger partial charge in [0.15, 0.2) is 0 Å². The van der Waals surface area contributed by atoms with Gasteiger partial charge in [0.25, 0.3) is 4.84 Å². The molecule has 2 aromatic rings. The molecule has 2 N–H and O–H groups in total. The molecule has 114 valence electrons. The molecule has 1 aromatic carbocycles. The summed E-state index contributed by atoms with van der Waals surface area (Å²) >= 11 is 4.83. The summed E-state index contributed by atoms with van der Waals surface area (Å²) in [5.41, 5.74) is 0.993. The molecule has 8 heteroatoms. The molecular formula is C13H17N3O3S2. The summed E-state index contributed by atoms with van der Waals surface area (Å²) in [7, 11) is -3.66. The van der Waals surface area contributed by atoms with E-state index >= 15 is 0 Å². The highest BCUT2D eigenvalue weighted by molar-refractivity contribution is 7.89. The molecule has 0 aliphatic heterocycles. The normalized spacial score (nSPS) is 13.5. The van der Waals surface area contributed by atoms with Gasteiger partial charge >= 0.3 is 0 Å². The SMILES string of the molecule is Cc1ccc(S(=O)(=O)NC(c2n[nH]c(=S)o2)C(C)C)cc1. The smallest absolute Gasteiger partial charge is 0.284 e. The summed E-state index contributed by atoms with van der Waals surface area (Å²) < 4.78 is 32.7. The van der Waals surface area contributed by atoms with Gasteiger partial charge in [0, 0.05) is 0 Å². The largest absolute Gasteiger partial charge is 0.412 e. The van der Waals surface area contributed by atoms with Gasteiger partial charge in [-0.1, -0.05) is 31.5 Å². The second-order valence-corrected chi connectivity index (χ2v) is 7.19. The van der Waals surface area contributed by atoms with E-state index in [4.69, 9.17) is 16.6 Å². The van der Waals surface area contributed by atoms with E-state index in [0.29, 0.717) is 0 Å². The number of H-pyrrole nitrogens is 1. The fourth-order valence-electron chi connectivity index (χ4n) is 1.80. The Labute approximate surface area is 128 Å². The monoisotopic (exact) mass is 327 g/mol. The van der Waals surface area contributed by atoms with Crippen molar-refractivity contribution in [1.82, 2.24) is 14.9 Å². The average Bonchev–Trinajstić information content (AvgIpc) is 2.82. The van der Waals surface area contributed by atoms with Gasteiger partial charge in [-0.05, 0) is 37.2 Å². The zero-order valence-corrected chi connectivity index (χ0v) is 13.6. The maximum atomic E-state index is 12.4. The minimum Gasteiger partial charge on any atom is -0.412 e. The maximum Gasteiger partial charge on any atom is 0.284 e. The highest BCUT2D eigenvalue weighted by atomic mass is 32.2. The number of hydrogen-bond acceptors (Lipinski definition) is 5. The summed E-state index contributed by atoms with van der Waals surface area (Å²) in [6, 6.07) is 6.03. The van der Waals surface area contributed by atoms with Crippen LogP contribution in [0.25, 0.3) is 0 Å². The number of aromatic nitrogens is 2. The lowest BCUT2D eigenvalue weighted by molar-refractivity contribution is 0.360. The van der Waals surface area contributed by atoms with Gasteiger partial charge in [-0.15, -0.1) is 5.10 Å². The first-order valence-electron chi connectivity index (χ1n) is 6.44. The Morgan fingerprint density at radius 3 is 2.38 bits per heavy atom. The molecule has 1 atom stereocenters. The first kappa shape index (κ1) is 15.9. The standard InChI is InChI=1S/C13H17N3O3S2/c1-8(2)11(12-14-15-13(20)19-12)16-21(17,18)10-6-4-9(3)5-7-10/h4-8,11,16H,1-3H3,(H,15,20). The fourth-order valence-corrected chi connectivity index (χ4v) is 3.27. The molecule has 0 saturated heterocycles. The molecule has 0 fully saturated rings. The van der Waals surface area contributed by atoms with Crippen molar-refractivity contribution in [2.24, 2.45) is 5.92 Å². The van der Waals surface area contributed by atoms with E-state index in [0.717, 1.165) is 5.56 Å². The Hall–Kier alpha value is -1.51. The predicted octanol–water partition coefficient (Wildman–Crippen LogP) is 2.72. The lowest BCUT2D eigenvalue weighted by Gasteiger charge is -2.18. The van der Waals surface area contributed by atoms with Crippen molar-refractivity contribution in [3.05, 3.63) is 40.6 Å². The highest BCUT2D eigenvalue weighted by Crippen LogP contribution is 2.23. The molecule has 0 saturated carbocycles. The Morgan fingerprint density at radius 1 is 1.29 bits per heavy atom. The van der Waals surface area contributed by atoms with E-state index in [2.05, 4.69) is 14.9 Å². The zero-order valence-electron chi connectivity index (χ0n) is 12.0. The third-order valence-electron chi connectivity index (χ3n) is 3.00. The molecule has 0 amide bonds. The third-order valence-corrected chi connectivity index (χ3v) is 4.63. The Kier molecular flexibility index (Phi) is 4.60. The van der Waals surface area contributed by atoms with E-state index in [9.17, 15) is 8.42 Å². The minimum atomic E-state index is -3.66. The van der Waals surface area contributed by atoms with Crippen LogP contribution in [0.5, 0.6) is 0 Å². The van der Waals surface area contributed by atoms with E-state index in [1.54, 1.807) is 24.3 Å². The second kappa shape index (κ2) is 6.08. The summed E-state index contributed by atoms with van der Waals surface area (Å²) in [6.45, 7) is 5.64. The number of hydrogen-bond donors (Lipinski definition) is 2. The van der Waals surface area contributed by atoms with Crippen molar-refractivity contribution in [3.8, 4) is 0 Å². The van der Waals surface area contributed by atoms with Crippen LogP contribution in [0.4, 0.5) is 0 Å². The summed E-state index contributed by atoms with van der Waals surface area (Å²) in [6.07, 6.45) is 0. The van der Waals surface area contributed by atoms with E-state index in [1.165, 1.54) is 0 Å². The predicted molar refractivity (Wildman–Crippen MR) is 80.8 cm³/mol. The molecule has 21 heavy (non-hydrogen) atoms. The molecule has 1 unspecified atom stereocenters. The average molecular weight is 327 g/mol. The van der Waals surface area contributed by atoms with Crippen LogP contribution < -0.4 is 4.72 Å². The molecule has 2 rings (SSSR count). The lowest BCUT2D eigenvalue weighted by atomic mass is 10.1. The lowest BCUT2D eigenvalue weighted by Crippen LogP contribution is -2.32. The van der Waals surface area contributed by atoms with E-state index < -0.39 is 16.1 Å². The number of benzene rings is 1. The highest BCUT2D eigenvalue weighted by Gasteiger charge is 2.27. The number of nitrogens with zero attached hydrogens (tertiary/aromatic N) is 1. The Morgan fingerprint density at radius 2 is 1.90 bits per heavy atom. The molecule has 0 aliphatic carbocycles. The van der Waals surface area contributed by atoms with Crippen molar-refractivity contribution in [2.75, 3.05) is 0 Å². The second-order valence-electron chi connectivity index (χ2n) is 5.11. The van der Waals surface area contributed by atoms with Crippen LogP contribution >= 0.6 is 12.2 Å². The first-order valence-corrected chi connectivity index (χ1v) is 8.33. The van der Waals surface area contributed by atoms with Crippen molar-refractivity contribution < 1.29 is 12.8 Å². The third kappa shape index (κ3) is 3.78. The van der Waals surface area contributed by atoms with Crippen molar-refractivity contribution in [2.45, 2.75) is 31.7 Å². The van der Waals surface area contributed by atoms with Gasteiger partial charge in [-0.2, -0.15) is 4.72 Å². The van der Waals surface area contributed by atoms with E-state index in [1.807, 2.05) is 20.8 Å². The van der Waals surface area contributed by atoms with Crippen LogP contribution in [0.3, 0.4) is 0 Å². The fraction of sp³-hybridized carbons (Fsp3) is 0.385. The van der Waals surface area contributed by atoms with Gasteiger partial charge in [0.2, 0.25) is 15.9 Å². The molecule has 0 spiro atoms. The van der Waals surface area contributed by atoms with Crippen LogP contribution in [-0.4, -0.2) is 18.6 Å². The first-order chi connectivity index (χ1) is 9.79. The Balaban J connectivity index is 2.32. The Bertz CT molecular complexity index is 760.